The highest BCUT2D eigenvalue weighted by atomic mass is 79.9. The molecular weight excluding hydrogens is 458 g/mol. The van der Waals surface area contributed by atoms with E-state index in [9.17, 15) is 0 Å². The van der Waals surface area contributed by atoms with Crippen molar-refractivity contribution in [2.75, 3.05) is 0 Å². The molecule has 0 unspecified atom stereocenters. The van der Waals surface area contributed by atoms with E-state index in [-0.39, 0.29) is 22.4 Å². The van der Waals surface area contributed by atoms with Gasteiger partial charge in [-0.2, -0.15) is 4.40 Å². The highest BCUT2D eigenvalue weighted by Crippen LogP contribution is 2.31. The molecule has 0 N–H and O–H groups in total. The second kappa shape index (κ2) is 8.51. The summed E-state index contributed by atoms with van der Waals surface area (Å²) in [5.74, 6) is 0. The van der Waals surface area contributed by atoms with Gasteiger partial charge in [-0.15, -0.1) is 0 Å². The molecule has 5 aromatic rings. The molecule has 0 saturated carbocycles. The number of aromatic nitrogens is 3. The third-order valence-corrected chi connectivity index (χ3v) is 5.85. The van der Waals surface area contributed by atoms with Crippen LogP contribution in [0.15, 0.2) is 85.1 Å². The molecule has 0 bridgehead atoms. The lowest BCUT2D eigenvalue weighted by atomic mass is 9.91. The number of imidazole rings is 1. The van der Waals surface area contributed by atoms with E-state index in [1.807, 2.05) is 0 Å². The molecule has 3 aromatic heterocycles. The van der Waals surface area contributed by atoms with Crippen LogP contribution in [-0.4, -0.2) is 9.38 Å². The van der Waals surface area contributed by atoms with Crippen molar-refractivity contribution in [1.29, 1.82) is 0 Å². The van der Waals surface area contributed by atoms with Crippen LogP contribution in [0.4, 0.5) is 0 Å². The highest BCUT2D eigenvalue weighted by molar-refractivity contribution is 5.89. The minimum absolute atomic E-state index is 0. The van der Waals surface area contributed by atoms with Gasteiger partial charge in [0, 0.05) is 23.1 Å². The zero-order chi connectivity index (χ0) is 21.6. The zero-order valence-electron chi connectivity index (χ0n) is 19.0. The molecule has 162 valence electrons. The number of hydrogen-bond donors (Lipinski definition) is 0. The average molecular weight is 486 g/mol. The van der Waals surface area contributed by atoms with E-state index >= 15 is 0 Å². The molecule has 2 aromatic carbocycles. The van der Waals surface area contributed by atoms with Gasteiger partial charge in [0.05, 0.1) is 11.9 Å². The molecule has 0 fully saturated rings. The first-order valence-corrected chi connectivity index (χ1v) is 10.9. The SMILES string of the molecule is Cc1ccc2n(c1)c1cc(C(C)(C)C)nc(-c3ccccc3)c1[n+]2Cc1ccccc1.[Br-]. The maximum Gasteiger partial charge on any atom is 0.287 e. The van der Waals surface area contributed by atoms with Crippen LogP contribution in [0, 0.1) is 6.92 Å². The third-order valence-electron chi connectivity index (χ3n) is 5.85. The van der Waals surface area contributed by atoms with Crippen molar-refractivity contribution in [3.63, 3.8) is 0 Å². The zero-order valence-corrected chi connectivity index (χ0v) is 20.6. The molecule has 5 rings (SSSR count). The smallest absolute Gasteiger partial charge is 0.287 e. The summed E-state index contributed by atoms with van der Waals surface area (Å²) in [5, 5.41) is 0. The Hall–Kier alpha value is -2.98. The van der Waals surface area contributed by atoms with Gasteiger partial charge in [-0.3, -0.25) is 0 Å². The summed E-state index contributed by atoms with van der Waals surface area (Å²) in [6.07, 6.45) is 2.24. The molecule has 32 heavy (non-hydrogen) atoms. The number of halogens is 1. The number of benzene rings is 2. The molecule has 3 nitrogen and oxygen atoms in total. The first-order valence-electron chi connectivity index (χ1n) is 10.9. The van der Waals surface area contributed by atoms with E-state index in [1.54, 1.807) is 0 Å². The molecule has 4 heteroatoms. The summed E-state index contributed by atoms with van der Waals surface area (Å²) in [4.78, 5) is 5.23. The number of fused-ring (bicyclic) bond motifs is 3. The molecule has 0 spiro atoms. The number of aryl methyl sites for hydroxylation is 1. The van der Waals surface area contributed by atoms with Crippen molar-refractivity contribution < 1.29 is 21.5 Å². The van der Waals surface area contributed by atoms with Crippen molar-refractivity contribution in [3.8, 4) is 11.3 Å². The Morgan fingerprint density at radius 1 is 0.875 bits per heavy atom. The predicted molar refractivity (Wildman–Crippen MR) is 127 cm³/mol. The standard InChI is InChI=1S/C28H28N3.BrH/c1-20-15-16-25-30(18-20)23-17-24(28(2,3)4)29-26(22-13-9-6-10-14-22)27(23)31(25)19-21-11-7-5-8-12-21;/h5-18H,19H2,1-4H3;1H/q+1;/p-1. The quantitative estimate of drug-likeness (QED) is 0.359. The van der Waals surface area contributed by atoms with Crippen molar-refractivity contribution in [2.24, 2.45) is 0 Å². The Morgan fingerprint density at radius 3 is 2.19 bits per heavy atom. The minimum atomic E-state index is -0.0457. The summed E-state index contributed by atoms with van der Waals surface area (Å²) < 4.78 is 4.74. The van der Waals surface area contributed by atoms with Crippen LogP contribution < -0.4 is 21.5 Å². The Kier molecular flexibility index (Phi) is 5.91. The monoisotopic (exact) mass is 485 g/mol. The molecule has 0 radical (unpaired) electrons. The van der Waals surface area contributed by atoms with Gasteiger partial charge in [-0.05, 0) is 24.1 Å². The number of rotatable bonds is 3. The molecule has 0 aliphatic carbocycles. The van der Waals surface area contributed by atoms with Gasteiger partial charge in [0.15, 0.2) is 5.52 Å². The summed E-state index contributed by atoms with van der Waals surface area (Å²) in [7, 11) is 0. The van der Waals surface area contributed by atoms with Crippen LogP contribution in [-0.2, 0) is 12.0 Å². The molecule has 0 saturated heterocycles. The fourth-order valence-electron chi connectivity index (χ4n) is 4.21. The highest BCUT2D eigenvalue weighted by Gasteiger charge is 2.28. The molecular formula is C28H28BrN3. The van der Waals surface area contributed by atoms with Gasteiger partial charge < -0.3 is 17.0 Å². The summed E-state index contributed by atoms with van der Waals surface area (Å²) in [6, 6.07) is 27.9. The van der Waals surface area contributed by atoms with E-state index in [1.165, 1.54) is 27.8 Å². The lowest BCUT2D eigenvalue weighted by Crippen LogP contribution is -3.00. The average Bonchev–Trinajstić information content (AvgIpc) is 3.07. The number of hydrogen-bond acceptors (Lipinski definition) is 1. The molecule has 3 heterocycles. The topological polar surface area (TPSA) is 21.2 Å². The summed E-state index contributed by atoms with van der Waals surface area (Å²) >= 11 is 0. The Labute approximate surface area is 200 Å². The second-order valence-corrected chi connectivity index (χ2v) is 9.35. The summed E-state index contributed by atoms with van der Waals surface area (Å²) in [6.45, 7) is 9.64. The second-order valence-electron chi connectivity index (χ2n) is 9.35. The molecule has 0 aliphatic heterocycles. The van der Waals surface area contributed by atoms with Crippen LogP contribution in [0.3, 0.4) is 0 Å². The molecule has 0 aliphatic rings. The van der Waals surface area contributed by atoms with Gasteiger partial charge in [0.2, 0.25) is 5.52 Å². The van der Waals surface area contributed by atoms with Crippen molar-refractivity contribution in [2.45, 2.75) is 39.7 Å². The molecule has 0 amide bonds. The van der Waals surface area contributed by atoms with Crippen LogP contribution >= 0.6 is 0 Å². The normalized spacial score (nSPS) is 11.6. The van der Waals surface area contributed by atoms with Crippen LogP contribution in [0.25, 0.3) is 27.9 Å². The van der Waals surface area contributed by atoms with Gasteiger partial charge in [-0.1, -0.05) is 81.4 Å². The number of pyridine rings is 2. The van der Waals surface area contributed by atoms with Gasteiger partial charge >= 0.3 is 0 Å². The van der Waals surface area contributed by atoms with E-state index in [2.05, 4.69) is 122 Å². The van der Waals surface area contributed by atoms with E-state index in [0.29, 0.717) is 0 Å². The predicted octanol–water partition coefficient (Wildman–Crippen LogP) is 3.10. The largest absolute Gasteiger partial charge is 1.00 e. The lowest BCUT2D eigenvalue weighted by Gasteiger charge is -2.18. The fraction of sp³-hybridized carbons (Fsp3) is 0.214. The van der Waals surface area contributed by atoms with Crippen molar-refractivity contribution in [1.82, 2.24) is 9.38 Å². The van der Waals surface area contributed by atoms with Crippen molar-refractivity contribution >= 4 is 16.7 Å². The van der Waals surface area contributed by atoms with Crippen LogP contribution in [0.5, 0.6) is 0 Å². The first-order chi connectivity index (χ1) is 14.9. The Balaban J connectivity index is 0.00000245. The molecule has 0 atom stereocenters. The van der Waals surface area contributed by atoms with Gasteiger partial charge in [0.1, 0.15) is 12.2 Å². The third kappa shape index (κ3) is 3.95. The fourth-order valence-corrected chi connectivity index (χ4v) is 4.21. The Bertz CT molecular complexity index is 1380. The van der Waals surface area contributed by atoms with Crippen LogP contribution in [0.2, 0.25) is 0 Å². The van der Waals surface area contributed by atoms with Gasteiger partial charge in [0.25, 0.3) is 5.65 Å². The maximum absolute atomic E-state index is 5.23. The maximum atomic E-state index is 5.23. The minimum Gasteiger partial charge on any atom is -1.00 e. The van der Waals surface area contributed by atoms with Crippen molar-refractivity contribution in [3.05, 3.63) is 102 Å². The van der Waals surface area contributed by atoms with E-state index in [4.69, 9.17) is 4.98 Å². The van der Waals surface area contributed by atoms with E-state index < -0.39 is 0 Å². The number of nitrogens with zero attached hydrogens (tertiary/aromatic N) is 3. The van der Waals surface area contributed by atoms with Crippen LogP contribution in [0.1, 0.15) is 37.6 Å². The first kappa shape index (κ1) is 22.2. The van der Waals surface area contributed by atoms with Gasteiger partial charge in [-0.25, -0.2) is 9.55 Å². The Morgan fingerprint density at radius 2 is 1.53 bits per heavy atom. The van der Waals surface area contributed by atoms with E-state index in [0.717, 1.165) is 23.5 Å². The lowest BCUT2D eigenvalue weighted by molar-refractivity contribution is -0.636. The summed E-state index contributed by atoms with van der Waals surface area (Å²) in [5.41, 5.74) is 9.32.